The van der Waals surface area contributed by atoms with E-state index in [1.165, 1.54) is 6.07 Å². The molecule has 2 aromatic rings. The van der Waals surface area contributed by atoms with Crippen LogP contribution in [-0.4, -0.2) is 5.11 Å². The van der Waals surface area contributed by atoms with E-state index in [1.54, 1.807) is 24.3 Å². The number of hydrogen-bond donors (Lipinski definition) is 1. The van der Waals surface area contributed by atoms with Crippen LogP contribution in [0.5, 0.6) is 5.75 Å². The number of phenolic OH excluding ortho intramolecular Hbond substituents is 1. The molecule has 75 valence electrons. The van der Waals surface area contributed by atoms with Crippen molar-refractivity contribution in [1.82, 2.24) is 0 Å². The Morgan fingerprint density at radius 3 is 2.60 bits per heavy atom. The zero-order chi connectivity index (χ0) is 10.8. The van der Waals surface area contributed by atoms with Gasteiger partial charge in [-0.3, -0.25) is 0 Å². The van der Waals surface area contributed by atoms with Crippen LogP contribution in [0.2, 0.25) is 10.0 Å². The van der Waals surface area contributed by atoms with Crippen molar-refractivity contribution < 1.29 is 5.11 Å². The molecular weight excluding hydrogens is 231 g/mol. The molecule has 0 fully saturated rings. The summed E-state index contributed by atoms with van der Waals surface area (Å²) in [4.78, 5) is 0. The van der Waals surface area contributed by atoms with Crippen molar-refractivity contribution in [2.75, 3.05) is 0 Å². The van der Waals surface area contributed by atoms with Crippen molar-refractivity contribution in [3.8, 4) is 16.9 Å². The second-order valence-electron chi connectivity index (χ2n) is 3.04. The smallest absolute Gasteiger partial charge is 0.124 e. The summed E-state index contributed by atoms with van der Waals surface area (Å²) in [6.07, 6.45) is 0. The zero-order valence-electron chi connectivity index (χ0n) is 7.67. The maximum Gasteiger partial charge on any atom is 0.124 e. The molecule has 0 saturated heterocycles. The van der Waals surface area contributed by atoms with Crippen LogP contribution in [0.4, 0.5) is 0 Å². The van der Waals surface area contributed by atoms with Gasteiger partial charge in [0.15, 0.2) is 0 Å². The van der Waals surface area contributed by atoms with Crippen LogP contribution < -0.4 is 0 Å². The van der Waals surface area contributed by atoms with Gasteiger partial charge in [0.05, 0.1) is 10.0 Å². The minimum Gasteiger partial charge on any atom is -0.507 e. The van der Waals surface area contributed by atoms with Gasteiger partial charge in [0.1, 0.15) is 5.75 Å². The summed E-state index contributed by atoms with van der Waals surface area (Å²) in [7, 11) is 0. The first-order valence-electron chi connectivity index (χ1n) is 4.33. The fourth-order valence-corrected chi connectivity index (χ4v) is 1.76. The van der Waals surface area contributed by atoms with Crippen LogP contribution >= 0.6 is 23.2 Å². The predicted octanol–water partition coefficient (Wildman–Crippen LogP) is 4.17. The molecule has 2 rings (SSSR count). The van der Waals surface area contributed by atoms with Gasteiger partial charge >= 0.3 is 0 Å². The zero-order valence-corrected chi connectivity index (χ0v) is 9.18. The van der Waals surface area contributed by atoms with Crippen molar-refractivity contribution in [2.24, 2.45) is 0 Å². The van der Waals surface area contributed by atoms with Crippen molar-refractivity contribution in [2.45, 2.75) is 0 Å². The number of hydrogen-bond acceptors (Lipinski definition) is 1. The topological polar surface area (TPSA) is 20.2 Å². The van der Waals surface area contributed by atoms with E-state index in [0.29, 0.717) is 15.6 Å². The fraction of sp³-hybridized carbons (Fsp3) is 0. The van der Waals surface area contributed by atoms with Gasteiger partial charge in [-0.2, -0.15) is 0 Å². The van der Waals surface area contributed by atoms with E-state index < -0.39 is 0 Å². The minimum absolute atomic E-state index is 0.140. The number of aromatic hydroxyl groups is 1. The van der Waals surface area contributed by atoms with E-state index in [4.69, 9.17) is 23.2 Å². The van der Waals surface area contributed by atoms with E-state index in [1.807, 2.05) is 6.07 Å². The molecule has 0 atom stereocenters. The lowest BCUT2D eigenvalue weighted by atomic mass is 10.0. The van der Waals surface area contributed by atoms with Gasteiger partial charge in [0.2, 0.25) is 0 Å². The first kappa shape index (κ1) is 10.3. The van der Waals surface area contributed by atoms with E-state index in [2.05, 4.69) is 6.07 Å². The van der Waals surface area contributed by atoms with Crippen molar-refractivity contribution in [3.63, 3.8) is 0 Å². The summed E-state index contributed by atoms with van der Waals surface area (Å²) in [6, 6.07) is 13.0. The van der Waals surface area contributed by atoms with Crippen LogP contribution in [0, 0.1) is 6.07 Å². The molecule has 0 aromatic heterocycles. The molecule has 0 spiro atoms. The lowest BCUT2D eigenvalue weighted by Gasteiger charge is -2.07. The molecule has 0 heterocycles. The first-order valence-corrected chi connectivity index (χ1v) is 5.09. The highest BCUT2D eigenvalue weighted by molar-refractivity contribution is 6.43. The lowest BCUT2D eigenvalue weighted by molar-refractivity contribution is 0.477. The second kappa shape index (κ2) is 4.13. The Kier molecular flexibility index (Phi) is 2.85. The Labute approximate surface area is 97.9 Å². The third-order valence-electron chi connectivity index (χ3n) is 2.08. The largest absolute Gasteiger partial charge is 0.507 e. The van der Waals surface area contributed by atoms with E-state index in [0.717, 1.165) is 5.56 Å². The molecule has 0 aliphatic carbocycles. The normalized spacial score (nSPS) is 10.3. The highest BCUT2D eigenvalue weighted by Crippen LogP contribution is 2.37. The fourth-order valence-electron chi connectivity index (χ4n) is 1.36. The van der Waals surface area contributed by atoms with Crippen LogP contribution in [0.3, 0.4) is 0 Å². The molecule has 1 radical (unpaired) electrons. The Morgan fingerprint density at radius 2 is 1.87 bits per heavy atom. The third kappa shape index (κ3) is 1.94. The summed E-state index contributed by atoms with van der Waals surface area (Å²) in [5.41, 5.74) is 1.37. The van der Waals surface area contributed by atoms with Crippen LogP contribution in [0.25, 0.3) is 11.1 Å². The standard InChI is InChI=1S/C12H7Cl2O/c13-10-6-3-5-9(12(10)14)8-4-1-2-7-11(8)15/h1,3-7,15H. The highest BCUT2D eigenvalue weighted by atomic mass is 35.5. The third-order valence-corrected chi connectivity index (χ3v) is 2.90. The molecule has 1 N–H and O–H groups in total. The summed E-state index contributed by atoms with van der Waals surface area (Å²) >= 11 is 11.9. The van der Waals surface area contributed by atoms with Crippen molar-refractivity contribution >= 4 is 23.2 Å². The Hall–Kier alpha value is -1.18. The Balaban J connectivity index is 2.65. The maximum atomic E-state index is 9.65. The van der Waals surface area contributed by atoms with Gasteiger partial charge in [-0.05, 0) is 24.3 Å². The number of benzene rings is 2. The molecule has 0 amide bonds. The number of phenols is 1. The summed E-state index contributed by atoms with van der Waals surface area (Å²) in [6.45, 7) is 0. The molecule has 0 saturated carbocycles. The van der Waals surface area contributed by atoms with Gasteiger partial charge in [-0.25, -0.2) is 0 Å². The summed E-state index contributed by atoms with van der Waals surface area (Å²) < 4.78 is 0. The lowest BCUT2D eigenvalue weighted by Crippen LogP contribution is -1.81. The molecule has 0 aliphatic rings. The quantitative estimate of drug-likeness (QED) is 0.790. The number of rotatable bonds is 1. The monoisotopic (exact) mass is 237 g/mol. The molecule has 3 heteroatoms. The van der Waals surface area contributed by atoms with Gasteiger partial charge in [0.25, 0.3) is 0 Å². The van der Waals surface area contributed by atoms with E-state index in [9.17, 15) is 5.11 Å². The van der Waals surface area contributed by atoms with Gasteiger partial charge in [-0.15, -0.1) is 0 Å². The van der Waals surface area contributed by atoms with Crippen molar-refractivity contribution in [3.05, 3.63) is 52.5 Å². The Morgan fingerprint density at radius 1 is 1.07 bits per heavy atom. The van der Waals surface area contributed by atoms with Crippen LogP contribution in [0.15, 0.2) is 36.4 Å². The molecule has 15 heavy (non-hydrogen) atoms. The van der Waals surface area contributed by atoms with Crippen molar-refractivity contribution in [1.29, 1.82) is 0 Å². The van der Waals surface area contributed by atoms with Crippen LogP contribution in [0.1, 0.15) is 0 Å². The van der Waals surface area contributed by atoms with Gasteiger partial charge < -0.3 is 5.11 Å². The molecule has 0 bridgehead atoms. The molecule has 0 aliphatic heterocycles. The van der Waals surface area contributed by atoms with Gasteiger partial charge in [0, 0.05) is 11.1 Å². The molecule has 2 aromatic carbocycles. The molecular formula is C12H7Cl2O. The minimum atomic E-state index is 0.140. The van der Waals surface area contributed by atoms with E-state index in [-0.39, 0.29) is 5.75 Å². The van der Waals surface area contributed by atoms with E-state index >= 15 is 0 Å². The molecule has 0 unspecified atom stereocenters. The predicted molar refractivity (Wildman–Crippen MR) is 62.4 cm³/mol. The summed E-state index contributed by atoms with van der Waals surface area (Å²) in [5, 5.41) is 10.6. The van der Waals surface area contributed by atoms with Gasteiger partial charge in [-0.1, -0.05) is 41.4 Å². The molecule has 1 nitrogen and oxygen atoms in total. The maximum absolute atomic E-state index is 9.65. The SMILES string of the molecule is Oc1c[c]ccc1-c1cccc(Cl)c1Cl. The number of halogens is 2. The second-order valence-corrected chi connectivity index (χ2v) is 3.83. The summed E-state index contributed by atoms with van der Waals surface area (Å²) in [5.74, 6) is 0.140. The average Bonchev–Trinajstić information content (AvgIpc) is 2.23. The highest BCUT2D eigenvalue weighted by Gasteiger charge is 2.09. The Bertz CT molecular complexity index is 495. The average molecular weight is 238 g/mol. The first-order chi connectivity index (χ1) is 7.20. The van der Waals surface area contributed by atoms with Crippen LogP contribution in [-0.2, 0) is 0 Å².